The fourth-order valence-corrected chi connectivity index (χ4v) is 5.35. The molecule has 1 saturated heterocycles. The first-order chi connectivity index (χ1) is 13.9. The molecule has 0 radical (unpaired) electrons. The zero-order chi connectivity index (χ0) is 21.8. The van der Waals surface area contributed by atoms with Gasteiger partial charge in [-0.1, -0.05) is 0 Å². The number of rotatable bonds is 4. The van der Waals surface area contributed by atoms with Gasteiger partial charge in [-0.3, -0.25) is 9.53 Å². The molecule has 8 nitrogen and oxygen atoms in total. The van der Waals surface area contributed by atoms with Crippen molar-refractivity contribution in [2.24, 2.45) is 0 Å². The van der Waals surface area contributed by atoms with E-state index in [2.05, 4.69) is 10.1 Å². The van der Waals surface area contributed by atoms with E-state index in [1.54, 1.807) is 4.72 Å². The minimum absolute atomic E-state index is 0.172. The van der Waals surface area contributed by atoms with Crippen LogP contribution in [0.1, 0.15) is 30.4 Å². The molecule has 1 heterocycles. The number of phenolic OH excluding ortho intramolecular Hbond substituents is 1. The number of carbonyl (C=O) groups excluding carboxylic acids is 1. The highest BCUT2D eigenvalue weighted by molar-refractivity contribution is 7.92. The zero-order valence-electron chi connectivity index (χ0n) is 15.5. The van der Waals surface area contributed by atoms with Crippen molar-refractivity contribution in [2.45, 2.75) is 56.7 Å². The largest absolute Gasteiger partial charge is 0.522 e. The number of aryl methyl sites for hydroxylation is 1. The summed E-state index contributed by atoms with van der Waals surface area (Å²) in [6, 6.07) is 0.874. The molecule has 1 aromatic carbocycles. The van der Waals surface area contributed by atoms with Gasteiger partial charge in [-0.15, -0.1) is 13.2 Å². The van der Waals surface area contributed by atoms with Crippen molar-refractivity contribution in [1.29, 1.82) is 0 Å². The van der Waals surface area contributed by atoms with E-state index < -0.39 is 52.4 Å². The Kier molecular flexibility index (Phi) is 5.10. The molecule has 13 heteroatoms. The van der Waals surface area contributed by atoms with Crippen molar-refractivity contribution < 1.29 is 40.6 Å². The molecular weight excluding hydrogens is 434 g/mol. The molecule has 1 unspecified atom stereocenters. The molecule has 1 atom stereocenters. The highest BCUT2D eigenvalue weighted by atomic mass is 32.2. The van der Waals surface area contributed by atoms with E-state index in [-0.39, 0.29) is 36.9 Å². The second kappa shape index (κ2) is 7.24. The molecule has 30 heavy (non-hydrogen) atoms. The lowest BCUT2D eigenvalue weighted by Crippen LogP contribution is -2.51. The van der Waals surface area contributed by atoms with Crippen LogP contribution in [0, 0.1) is 5.82 Å². The van der Waals surface area contributed by atoms with Crippen LogP contribution < -0.4 is 14.3 Å². The average molecular weight is 453 g/mol. The number of halogens is 4. The van der Waals surface area contributed by atoms with Crippen molar-refractivity contribution >= 4 is 21.8 Å². The van der Waals surface area contributed by atoms with Crippen LogP contribution >= 0.6 is 0 Å². The molecule has 0 bridgehead atoms. The quantitative estimate of drug-likeness (QED) is 0.592. The van der Waals surface area contributed by atoms with Crippen molar-refractivity contribution in [2.75, 3.05) is 10.8 Å². The van der Waals surface area contributed by atoms with Crippen LogP contribution in [-0.2, 0) is 32.6 Å². The van der Waals surface area contributed by atoms with Crippen LogP contribution in [-0.4, -0.2) is 50.5 Å². The number of benzene rings is 1. The summed E-state index contributed by atoms with van der Waals surface area (Å²) in [6.45, 7) is -0.643. The van der Waals surface area contributed by atoms with Crippen molar-refractivity contribution in [3.05, 3.63) is 23.0 Å². The summed E-state index contributed by atoms with van der Waals surface area (Å²) in [5.41, 5.74) is 0.146. The Morgan fingerprint density at radius 2 is 1.97 bits per heavy atom. The maximum Gasteiger partial charge on any atom is 0.522 e. The summed E-state index contributed by atoms with van der Waals surface area (Å²) in [5.74, 6) is -2.35. The Balaban J connectivity index is 1.48. The van der Waals surface area contributed by atoms with Gasteiger partial charge in [0.1, 0.15) is 18.0 Å². The molecule has 4 rings (SSSR count). The number of alkyl halides is 3. The topological polar surface area (TPSA) is 108 Å². The number of nitrogens with zero attached hydrogens (tertiary/aromatic N) is 1. The van der Waals surface area contributed by atoms with Crippen molar-refractivity contribution in [3.8, 4) is 5.75 Å². The van der Waals surface area contributed by atoms with Gasteiger partial charge in [0.15, 0.2) is 5.82 Å². The van der Waals surface area contributed by atoms with E-state index in [4.69, 9.17) is 0 Å². The highest BCUT2D eigenvalue weighted by Crippen LogP contribution is 2.40. The van der Waals surface area contributed by atoms with E-state index in [0.717, 1.165) is 0 Å². The number of aromatic hydroxyl groups is 1. The molecule has 1 aromatic rings. The second-order valence-electron chi connectivity index (χ2n) is 7.69. The Morgan fingerprint density at radius 1 is 1.27 bits per heavy atom. The van der Waals surface area contributed by atoms with Crippen molar-refractivity contribution in [3.63, 3.8) is 0 Å². The molecule has 3 N–H and O–H groups in total. The van der Waals surface area contributed by atoms with Crippen LogP contribution in [0.5, 0.6) is 5.75 Å². The first-order valence-electron chi connectivity index (χ1n) is 9.30. The highest BCUT2D eigenvalue weighted by Gasteiger charge is 2.42. The number of ether oxygens (including phenoxy) is 1. The summed E-state index contributed by atoms with van der Waals surface area (Å²) in [6.07, 6.45) is -4.05. The minimum Gasteiger partial charge on any atom is -0.506 e. The summed E-state index contributed by atoms with van der Waals surface area (Å²) in [4.78, 5) is 11.5. The smallest absolute Gasteiger partial charge is 0.506 e. The van der Waals surface area contributed by atoms with Gasteiger partial charge in [-0.25, -0.2) is 13.4 Å². The average Bonchev–Trinajstić information content (AvgIpc) is 2.84. The monoisotopic (exact) mass is 453 g/mol. The first-order valence-corrected chi connectivity index (χ1v) is 10.7. The second-order valence-corrected chi connectivity index (χ2v) is 9.29. The molecular formula is C17H19F4N3O5S. The van der Waals surface area contributed by atoms with E-state index in [1.165, 1.54) is 6.07 Å². The Morgan fingerprint density at radius 3 is 2.57 bits per heavy atom. The molecule has 2 fully saturated rings. The molecule has 1 amide bonds. The van der Waals surface area contributed by atoms with Gasteiger partial charge >= 0.3 is 16.6 Å². The number of carbonyl (C=O) groups is 1. The number of amides is 1. The van der Waals surface area contributed by atoms with Gasteiger partial charge in [0.2, 0.25) is 0 Å². The number of anilines is 1. The van der Waals surface area contributed by atoms with Crippen LogP contribution in [0.2, 0.25) is 0 Å². The third-order valence-corrected chi connectivity index (χ3v) is 6.94. The zero-order valence-corrected chi connectivity index (χ0v) is 16.3. The third-order valence-electron chi connectivity index (χ3n) is 5.56. The van der Waals surface area contributed by atoms with Gasteiger partial charge in [-0.05, 0) is 49.3 Å². The Bertz CT molecular complexity index is 979. The standard InChI is InChI=1S/C17H19F4N3O5S/c18-15-12-6-9(22-10-4-11(5-10)29-17(19,20)21)2-1-8(12)3-13(25)16(15)24-7-14(26)23-30(24,27)28/h3,9-11,22,25H,1-2,4-7H2,(H,23,26)/t9?,10-,11+. The lowest BCUT2D eigenvalue weighted by Gasteiger charge is -2.39. The number of hydrogen-bond acceptors (Lipinski definition) is 6. The fraction of sp³-hybridized carbons (Fsp3) is 0.588. The van der Waals surface area contributed by atoms with Crippen LogP contribution in [0.3, 0.4) is 0 Å². The number of hydrogen-bond donors (Lipinski definition) is 3. The summed E-state index contributed by atoms with van der Waals surface area (Å²) in [5, 5.41) is 13.4. The SMILES string of the molecule is O=C1CN(c2c(O)cc3c(c2F)CC(N[C@H]2C[C@@H](OC(F)(F)F)C2)CC3)S(=O)(=O)N1. The minimum atomic E-state index is -4.67. The van der Waals surface area contributed by atoms with Gasteiger partial charge in [-0.2, -0.15) is 8.42 Å². The van der Waals surface area contributed by atoms with E-state index in [9.17, 15) is 31.5 Å². The van der Waals surface area contributed by atoms with E-state index in [0.29, 0.717) is 22.7 Å². The summed E-state index contributed by atoms with van der Waals surface area (Å²) in [7, 11) is -4.30. The van der Waals surface area contributed by atoms with Crippen molar-refractivity contribution in [1.82, 2.24) is 10.0 Å². The molecule has 1 aliphatic heterocycles. The summed E-state index contributed by atoms with van der Waals surface area (Å²) >= 11 is 0. The molecule has 0 aromatic heterocycles. The van der Waals surface area contributed by atoms with Gasteiger partial charge in [0, 0.05) is 12.1 Å². The molecule has 0 spiro atoms. The lowest BCUT2D eigenvalue weighted by atomic mass is 9.84. The van der Waals surface area contributed by atoms with Crippen LogP contribution in [0.25, 0.3) is 0 Å². The van der Waals surface area contributed by atoms with Gasteiger partial charge in [0.25, 0.3) is 5.91 Å². The maximum atomic E-state index is 15.2. The molecule has 2 aliphatic carbocycles. The molecule has 3 aliphatic rings. The van der Waals surface area contributed by atoms with E-state index >= 15 is 4.39 Å². The normalized spacial score (nSPS) is 28.1. The Hall–Kier alpha value is -2.12. The number of phenols is 1. The predicted octanol–water partition coefficient (Wildman–Crippen LogP) is 1.23. The van der Waals surface area contributed by atoms with E-state index in [1.807, 2.05) is 0 Å². The van der Waals surface area contributed by atoms with Gasteiger partial charge < -0.3 is 10.4 Å². The number of fused-ring (bicyclic) bond motifs is 1. The lowest BCUT2D eigenvalue weighted by molar-refractivity contribution is -0.352. The van der Waals surface area contributed by atoms with Gasteiger partial charge in [0.05, 0.1) is 6.10 Å². The van der Waals surface area contributed by atoms with Crippen LogP contribution in [0.15, 0.2) is 6.07 Å². The first kappa shape index (κ1) is 21.1. The number of nitrogens with one attached hydrogen (secondary N) is 2. The maximum absolute atomic E-state index is 15.2. The molecule has 1 saturated carbocycles. The Labute approximate surface area is 169 Å². The third kappa shape index (κ3) is 4.05. The van der Waals surface area contributed by atoms with Crippen LogP contribution in [0.4, 0.5) is 23.2 Å². The summed E-state index contributed by atoms with van der Waals surface area (Å²) < 4.78 is 82.1. The predicted molar refractivity (Wildman–Crippen MR) is 95.4 cm³/mol. The fourth-order valence-electron chi connectivity index (χ4n) is 4.18. The molecule has 166 valence electrons.